The van der Waals surface area contributed by atoms with Gasteiger partial charge in [-0.25, -0.2) is 9.36 Å². The number of alkyl halides is 2. The van der Waals surface area contributed by atoms with E-state index in [0.717, 1.165) is 6.20 Å². The minimum Gasteiger partial charge on any atom is -0.464 e. The highest BCUT2D eigenvalue weighted by Gasteiger charge is 2.61. The average Bonchev–Trinajstić information content (AvgIpc) is 3.28. The Balaban J connectivity index is 1.49. The number of carbonyl (C=O) groups is 2. The van der Waals surface area contributed by atoms with Crippen LogP contribution in [0.4, 0.5) is 13.6 Å². The van der Waals surface area contributed by atoms with Crippen LogP contribution in [-0.2, 0) is 23.4 Å². The summed E-state index contributed by atoms with van der Waals surface area (Å²) in [5, 5.41) is 14.9. The number of allylic oxidation sites excluding steroid dienone is 1. The van der Waals surface area contributed by atoms with Gasteiger partial charge in [-0.3, -0.25) is 14.2 Å². The smallest absolute Gasteiger partial charge is 0.459 e. The molecule has 184 valence electrons. The molecular weight excluding hydrogens is 479 g/mol. The van der Waals surface area contributed by atoms with E-state index in [1.54, 1.807) is 18.2 Å². The number of nitrogens with zero attached hydrogens (tertiary/aromatic N) is 1. The van der Waals surface area contributed by atoms with Crippen molar-refractivity contribution in [3.63, 3.8) is 0 Å². The molecule has 34 heavy (non-hydrogen) atoms. The molecule has 0 radical (unpaired) electrons. The van der Waals surface area contributed by atoms with Gasteiger partial charge in [-0.15, -0.1) is 0 Å². The second-order valence-electron chi connectivity index (χ2n) is 7.66. The van der Waals surface area contributed by atoms with Gasteiger partial charge >= 0.3 is 25.7 Å². The number of benzene rings is 1. The first-order valence-corrected chi connectivity index (χ1v) is 11.7. The highest BCUT2D eigenvalue weighted by molar-refractivity contribution is 7.52. The van der Waals surface area contributed by atoms with Crippen LogP contribution in [0.1, 0.15) is 6.42 Å². The van der Waals surface area contributed by atoms with E-state index in [9.17, 15) is 28.0 Å². The lowest BCUT2D eigenvalue weighted by atomic mass is 10.1. The third kappa shape index (κ3) is 4.98. The number of aliphatic hydroxyl groups is 1. The molecule has 4 rings (SSSR count). The predicted molar refractivity (Wildman–Crippen MR) is 111 cm³/mol. The number of ether oxygens (including phenoxy) is 2. The van der Waals surface area contributed by atoms with Crippen LogP contribution in [0.15, 0.2) is 54.9 Å². The van der Waals surface area contributed by atoms with E-state index >= 15 is 0 Å². The quantitative estimate of drug-likeness (QED) is 0.360. The van der Waals surface area contributed by atoms with Gasteiger partial charge in [0.25, 0.3) is 0 Å². The minimum atomic E-state index is -4.33. The molecule has 0 spiro atoms. The summed E-state index contributed by atoms with van der Waals surface area (Å²) in [7, 11) is -4.33. The van der Waals surface area contributed by atoms with Crippen LogP contribution in [0, 0.1) is 0 Å². The van der Waals surface area contributed by atoms with Crippen LogP contribution in [0.3, 0.4) is 0 Å². The second kappa shape index (κ2) is 9.43. The third-order valence-corrected chi connectivity index (χ3v) is 6.77. The van der Waals surface area contributed by atoms with Crippen LogP contribution in [-0.4, -0.2) is 65.6 Å². The van der Waals surface area contributed by atoms with E-state index in [1.165, 1.54) is 18.2 Å². The fourth-order valence-corrected chi connectivity index (χ4v) is 5.00. The van der Waals surface area contributed by atoms with Gasteiger partial charge in [0.05, 0.1) is 13.2 Å². The predicted octanol–water partition coefficient (Wildman–Crippen LogP) is 1.87. The molecule has 3 N–H and O–H groups in total. The van der Waals surface area contributed by atoms with Crippen LogP contribution < -0.4 is 14.9 Å². The number of carbonyl (C=O) groups excluding carboxylic acids is 2. The molecule has 0 bridgehead atoms. The number of para-hydroxylation sites is 1. The molecule has 3 unspecified atom stereocenters. The summed E-state index contributed by atoms with van der Waals surface area (Å²) in [6.07, 6.45) is -3.72. The van der Waals surface area contributed by atoms with Crippen molar-refractivity contribution in [2.45, 2.75) is 36.8 Å². The maximum atomic E-state index is 14.8. The lowest BCUT2D eigenvalue weighted by molar-refractivity contribution is -0.145. The molecule has 3 heterocycles. The summed E-state index contributed by atoms with van der Waals surface area (Å²) in [4.78, 5) is 24.5. The summed E-state index contributed by atoms with van der Waals surface area (Å²) >= 11 is 0. The highest BCUT2D eigenvalue weighted by atomic mass is 31.2. The Morgan fingerprint density at radius 3 is 2.71 bits per heavy atom. The summed E-state index contributed by atoms with van der Waals surface area (Å²) in [6, 6.07) is 5.91. The Labute approximate surface area is 192 Å². The van der Waals surface area contributed by atoms with Gasteiger partial charge in [-0.05, 0) is 18.2 Å². The second-order valence-corrected chi connectivity index (χ2v) is 9.35. The molecule has 3 aliphatic heterocycles. The van der Waals surface area contributed by atoms with E-state index in [1.807, 2.05) is 0 Å². The van der Waals surface area contributed by atoms with Gasteiger partial charge in [0.1, 0.15) is 17.9 Å². The van der Waals surface area contributed by atoms with Crippen LogP contribution >= 0.6 is 7.75 Å². The van der Waals surface area contributed by atoms with E-state index < -0.39 is 56.8 Å². The molecule has 1 aromatic carbocycles. The summed E-state index contributed by atoms with van der Waals surface area (Å²) in [5.74, 6) is -4.44. The number of amides is 2. The monoisotopic (exact) mass is 501 g/mol. The largest absolute Gasteiger partial charge is 0.464 e. The topological polar surface area (TPSA) is 136 Å². The van der Waals surface area contributed by atoms with Gasteiger partial charge in [0.2, 0.25) is 6.23 Å². The van der Waals surface area contributed by atoms with E-state index in [0.29, 0.717) is 4.90 Å². The number of rotatable bonds is 8. The highest BCUT2D eigenvalue weighted by Crippen LogP contribution is 2.47. The Morgan fingerprint density at radius 1 is 1.32 bits per heavy atom. The molecule has 2 saturated heterocycles. The van der Waals surface area contributed by atoms with Gasteiger partial charge in [0.15, 0.2) is 6.10 Å². The SMILES string of the molecule is C=C1C=CN([C@@H]2O[C@H](COP(=O)(NC3CCOC3=O)Oc3ccccc3)C(O)C2(F)F)C(=O)N1. The normalized spacial score (nSPS) is 30.1. The Morgan fingerprint density at radius 2 is 2.06 bits per heavy atom. The van der Waals surface area contributed by atoms with Crippen molar-refractivity contribution in [2.75, 3.05) is 13.2 Å². The fraction of sp³-hybridized carbons (Fsp3) is 0.400. The maximum Gasteiger partial charge on any atom is 0.459 e. The number of esters is 1. The molecule has 5 atom stereocenters. The Kier molecular flexibility index (Phi) is 6.74. The van der Waals surface area contributed by atoms with Gasteiger partial charge in [-0.1, -0.05) is 24.8 Å². The first kappa shape index (κ1) is 24.3. The van der Waals surface area contributed by atoms with Crippen molar-refractivity contribution in [3.8, 4) is 5.75 Å². The number of aliphatic hydroxyl groups excluding tert-OH is 1. The molecule has 11 nitrogen and oxygen atoms in total. The summed E-state index contributed by atoms with van der Waals surface area (Å²) in [6.45, 7) is 2.79. The van der Waals surface area contributed by atoms with Gasteiger partial charge < -0.3 is 24.4 Å². The fourth-order valence-electron chi connectivity index (χ4n) is 3.46. The Hall–Kier alpha value is -2.83. The summed E-state index contributed by atoms with van der Waals surface area (Å²) in [5.41, 5.74) is 0.193. The average molecular weight is 501 g/mol. The molecule has 0 aliphatic carbocycles. The molecule has 0 saturated carbocycles. The van der Waals surface area contributed by atoms with Gasteiger partial charge in [0, 0.05) is 18.3 Å². The zero-order chi connectivity index (χ0) is 24.5. The number of urea groups is 1. The van der Waals surface area contributed by atoms with Crippen molar-refractivity contribution >= 4 is 19.7 Å². The van der Waals surface area contributed by atoms with Crippen LogP contribution in [0.25, 0.3) is 0 Å². The molecule has 14 heteroatoms. The Bertz CT molecular complexity index is 1040. The number of hydrogen-bond acceptors (Lipinski definition) is 8. The van der Waals surface area contributed by atoms with E-state index in [4.69, 9.17) is 18.5 Å². The van der Waals surface area contributed by atoms with Crippen molar-refractivity contribution < 1.29 is 46.6 Å². The summed E-state index contributed by atoms with van der Waals surface area (Å²) < 4.78 is 63.7. The standard InChI is InChI=1S/C20H22F2N3O8P/c1-12-7-9-25(19(28)23-12)18-20(21,22)16(26)15(32-18)11-31-34(29,24-14-8-10-30-17(14)27)33-13-5-3-2-4-6-13/h2-7,9,14-16,18,26H,1,8,10-11H2,(H,23,28)(H,24,29)/t14?,15-,16?,18-,34?/m1/s1. The van der Waals surface area contributed by atoms with Crippen molar-refractivity contribution in [1.82, 2.24) is 15.3 Å². The van der Waals surface area contributed by atoms with Gasteiger partial charge in [-0.2, -0.15) is 13.9 Å². The zero-order valence-electron chi connectivity index (χ0n) is 17.6. The third-order valence-electron chi connectivity index (χ3n) is 5.20. The van der Waals surface area contributed by atoms with Crippen molar-refractivity contribution in [2.24, 2.45) is 0 Å². The molecular formula is C20H22F2N3O8P. The van der Waals surface area contributed by atoms with Crippen LogP contribution in [0.5, 0.6) is 5.75 Å². The van der Waals surface area contributed by atoms with E-state index in [2.05, 4.69) is 17.0 Å². The number of cyclic esters (lactones) is 1. The lowest BCUT2D eigenvalue weighted by Crippen LogP contribution is -2.53. The van der Waals surface area contributed by atoms with Crippen molar-refractivity contribution in [3.05, 3.63) is 54.9 Å². The number of halogens is 2. The number of nitrogens with one attached hydrogen (secondary N) is 2. The molecule has 1 aromatic rings. The first-order valence-electron chi connectivity index (χ1n) is 10.2. The number of hydrogen-bond donors (Lipinski definition) is 3. The lowest BCUT2D eigenvalue weighted by Gasteiger charge is -2.31. The first-order chi connectivity index (χ1) is 16.1. The molecule has 3 aliphatic rings. The molecule has 0 aromatic heterocycles. The van der Waals surface area contributed by atoms with E-state index in [-0.39, 0.29) is 24.5 Å². The minimum absolute atomic E-state index is 0.0953. The molecule has 2 fully saturated rings. The molecule has 2 amide bonds. The zero-order valence-corrected chi connectivity index (χ0v) is 18.5. The van der Waals surface area contributed by atoms with Crippen LogP contribution in [0.2, 0.25) is 0 Å². The maximum absolute atomic E-state index is 14.8. The van der Waals surface area contributed by atoms with Crippen molar-refractivity contribution in [1.29, 1.82) is 0 Å².